The average Bonchev–Trinajstić information content (AvgIpc) is 3.08. The molecule has 0 saturated heterocycles. The highest BCUT2D eigenvalue weighted by Gasteiger charge is 2.14. The van der Waals surface area contributed by atoms with E-state index in [0.717, 1.165) is 16.1 Å². The molecule has 9 heteroatoms. The number of rotatable bonds is 4. The van der Waals surface area contributed by atoms with Gasteiger partial charge >= 0.3 is 0 Å². The minimum atomic E-state index is 0.487. The lowest BCUT2D eigenvalue weighted by atomic mass is 10.3. The molecule has 0 saturated carbocycles. The average molecular weight is 328 g/mol. The summed E-state index contributed by atoms with van der Waals surface area (Å²) in [6.07, 6.45) is 3.61. The summed E-state index contributed by atoms with van der Waals surface area (Å²) >= 11 is 8.69. The van der Waals surface area contributed by atoms with Crippen molar-refractivity contribution >= 4 is 34.7 Å². The van der Waals surface area contributed by atoms with E-state index in [1.807, 2.05) is 20.2 Å². The third-order valence-electron chi connectivity index (χ3n) is 2.51. The van der Waals surface area contributed by atoms with Gasteiger partial charge in [-0.15, -0.1) is 21.5 Å². The monoisotopic (exact) mass is 327 g/mol. The molecule has 0 unspecified atom stereocenters. The summed E-state index contributed by atoms with van der Waals surface area (Å²) < 4.78 is 7.89. The van der Waals surface area contributed by atoms with Gasteiger partial charge < -0.3 is 4.42 Å². The smallest absolute Gasteiger partial charge is 0.277 e. The normalized spacial score (nSPS) is 11.2. The SMILES string of the molecule is Cc1nn(C)cc1-c1nnc(SCc2cnc(Cl)s2)o1. The predicted molar refractivity (Wildman–Crippen MR) is 77.9 cm³/mol. The van der Waals surface area contributed by atoms with Gasteiger partial charge in [0, 0.05) is 30.1 Å². The molecule has 3 aromatic heterocycles. The Morgan fingerprint density at radius 1 is 1.45 bits per heavy atom. The molecule has 0 aliphatic rings. The van der Waals surface area contributed by atoms with E-state index in [0.29, 0.717) is 21.3 Å². The molecular weight excluding hydrogens is 318 g/mol. The molecule has 0 fully saturated rings. The fraction of sp³-hybridized carbons (Fsp3) is 0.273. The van der Waals surface area contributed by atoms with Crippen LogP contribution in [-0.2, 0) is 12.8 Å². The molecule has 0 aromatic carbocycles. The summed E-state index contributed by atoms with van der Waals surface area (Å²) in [5.41, 5.74) is 1.72. The van der Waals surface area contributed by atoms with E-state index in [4.69, 9.17) is 16.0 Å². The Bertz CT molecular complexity index is 735. The van der Waals surface area contributed by atoms with E-state index >= 15 is 0 Å². The van der Waals surface area contributed by atoms with Gasteiger partial charge in [-0.3, -0.25) is 4.68 Å². The zero-order valence-electron chi connectivity index (χ0n) is 10.7. The fourth-order valence-corrected chi connectivity index (χ4v) is 3.43. The first-order valence-electron chi connectivity index (χ1n) is 5.69. The summed E-state index contributed by atoms with van der Waals surface area (Å²) in [6.45, 7) is 1.91. The van der Waals surface area contributed by atoms with Crippen LogP contribution < -0.4 is 0 Å². The Hall–Kier alpha value is -1.38. The maximum atomic E-state index is 5.78. The molecule has 3 aromatic rings. The molecule has 104 valence electrons. The summed E-state index contributed by atoms with van der Waals surface area (Å²) in [6, 6.07) is 0. The molecule has 6 nitrogen and oxygen atoms in total. The predicted octanol–water partition coefficient (Wildman–Crippen LogP) is 3.18. The van der Waals surface area contributed by atoms with E-state index < -0.39 is 0 Å². The van der Waals surface area contributed by atoms with E-state index in [1.165, 1.54) is 23.1 Å². The number of hydrogen-bond acceptors (Lipinski definition) is 7. The van der Waals surface area contributed by atoms with Crippen LogP contribution in [0.25, 0.3) is 11.5 Å². The number of nitrogens with zero attached hydrogens (tertiary/aromatic N) is 5. The number of aryl methyl sites for hydroxylation is 2. The maximum absolute atomic E-state index is 5.78. The number of thiazole rings is 1. The molecule has 0 aliphatic carbocycles. The lowest BCUT2D eigenvalue weighted by Crippen LogP contribution is -1.86. The van der Waals surface area contributed by atoms with Crippen molar-refractivity contribution < 1.29 is 4.42 Å². The van der Waals surface area contributed by atoms with Crippen LogP contribution in [0.15, 0.2) is 22.0 Å². The van der Waals surface area contributed by atoms with Gasteiger partial charge in [0.2, 0.25) is 0 Å². The Balaban J connectivity index is 1.72. The van der Waals surface area contributed by atoms with Gasteiger partial charge in [-0.2, -0.15) is 5.10 Å². The summed E-state index contributed by atoms with van der Waals surface area (Å²) in [4.78, 5) is 5.06. The van der Waals surface area contributed by atoms with Crippen LogP contribution in [0.5, 0.6) is 0 Å². The van der Waals surface area contributed by atoms with Crippen molar-refractivity contribution in [3.05, 3.63) is 27.4 Å². The number of thioether (sulfide) groups is 1. The maximum Gasteiger partial charge on any atom is 0.277 e. The van der Waals surface area contributed by atoms with E-state index in [-0.39, 0.29) is 0 Å². The Kier molecular flexibility index (Phi) is 3.77. The summed E-state index contributed by atoms with van der Waals surface area (Å²) in [5.74, 6) is 1.19. The minimum Gasteiger partial charge on any atom is -0.411 e. The first-order chi connectivity index (χ1) is 9.61. The van der Waals surface area contributed by atoms with Crippen molar-refractivity contribution in [2.75, 3.05) is 0 Å². The second-order valence-electron chi connectivity index (χ2n) is 4.04. The van der Waals surface area contributed by atoms with Gasteiger partial charge in [-0.05, 0) is 6.92 Å². The molecule has 3 rings (SSSR count). The highest BCUT2D eigenvalue weighted by atomic mass is 35.5. The largest absolute Gasteiger partial charge is 0.411 e. The second-order valence-corrected chi connectivity index (χ2v) is 6.67. The molecule has 0 aliphatic heterocycles. The van der Waals surface area contributed by atoms with E-state index in [1.54, 1.807) is 10.9 Å². The summed E-state index contributed by atoms with van der Waals surface area (Å²) in [7, 11) is 1.86. The molecule has 0 N–H and O–H groups in total. The highest BCUT2D eigenvalue weighted by molar-refractivity contribution is 7.98. The highest BCUT2D eigenvalue weighted by Crippen LogP contribution is 2.29. The molecule has 3 heterocycles. The molecule has 0 spiro atoms. The first kappa shape index (κ1) is 13.6. The topological polar surface area (TPSA) is 69.6 Å². The molecule has 0 amide bonds. The van der Waals surface area contributed by atoms with Gasteiger partial charge in [-0.25, -0.2) is 4.98 Å². The number of halogens is 1. The van der Waals surface area contributed by atoms with E-state index in [9.17, 15) is 0 Å². The Morgan fingerprint density at radius 3 is 2.95 bits per heavy atom. The molecule has 0 atom stereocenters. The van der Waals surface area contributed by atoms with Gasteiger partial charge in [-0.1, -0.05) is 23.4 Å². The lowest BCUT2D eigenvalue weighted by Gasteiger charge is -1.91. The van der Waals surface area contributed by atoms with Crippen LogP contribution in [0.2, 0.25) is 4.47 Å². The third-order valence-corrected chi connectivity index (χ3v) is 4.68. The fourth-order valence-electron chi connectivity index (χ4n) is 1.67. The zero-order chi connectivity index (χ0) is 14.1. The minimum absolute atomic E-state index is 0.487. The van der Waals surface area contributed by atoms with Crippen molar-refractivity contribution in [3.63, 3.8) is 0 Å². The van der Waals surface area contributed by atoms with Gasteiger partial charge in [0.25, 0.3) is 11.1 Å². The lowest BCUT2D eigenvalue weighted by molar-refractivity contribution is 0.465. The third kappa shape index (κ3) is 2.87. The van der Waals surface area contributed by atoms with Crippen molar-refractivity contribution in [3.8, 4) is 11.5 Å². The second kappa shape index (κ2) is 5.55. The quantitative estimate of drug-likeness (QED) is 0.685. The Morgan fingerprint density at radius 2 is 2.30 bits per heavy atom. The van der Waals surface area contributed by atoms with Crippen molar-refractivity contribution in [2.45, 2.75) is 17.9 Å². The summed E-state index contributed by atoms with van der Waals surface area (Å²) in [5, 5.41) is 12.8. The van der Waals surface area contributed by atoms with Crippen LogP contribution in [0, 0.1) is 6.92 Å². The van der Waals surface area contributed by atoms with Gasteiger partial charge in [0.15, 0.2) is 4.47 Å². The molecule has 20 heavy (non-hydrogen) atoms. The van der Waals surface area contributed by atoms with Crippen molar-refractivity contribution in [1.29, 1.82) is 0 Å². The van der Waals surface area contributed by atoms with Gasteiger partial charge in [0.1, 0.15) is 0 Å². The van der Waals surface area contributed by atoms with Crippen LogP contribution >= 0.6 is 34.7 Å². The molecule has 0 radical (unpaired) electrons. The van der Waals surface area contributed by atoms with Crippen LogP contribution in [-0.4, -0.2) is 25.0 Å². The van der Waals surface area contributed by atoms with Crippen molar-refractivity contribution in [2.24, 2.45) is 7.05 Å². The Labute approximate surface area is 128 Å². The van der Waals surface area contributed by atoms with Crippen LogP contribution in [0.3, 0.4) is 0 Å². The van der Waals surface area contributed by atoms with Crippen LogP contribution in [0.4, 0.5) is 0 Å². The number of hydrogen-bond donors (Lipinski definition) is 0. The first-order valence-corrected chi connectivity index (χ1v) is 7.87. The van der Waals surface area contributed by atoms with Crippen LogP contribution in [0.1, 0.15) is 10.6 Å². The standard InChI is InChI=1S/C11H10ClN5OS2/c1-6-8(4-17(2)16-6)9-14-15-11(18-9)19-5-7-3-13-10(12)20-7/h3-4H,5H2,1-2H3. The van der Waals surface area contributed by atoms with E-state index in [2.05, 4.69) is 20.3 Å². The van der Waals surface area contributed by atoms with Gasteiger partial charge in [0.05, 0.1) is 11.3 Å². The molecular formula is C11H10ClN5OS2. The molecule has 0 bridgehead atoms. The zero-order valence-corrected chi connectivity index (χ0v) is 13.1. The number of aromatic nitrogens is 5. The van der Waals surface area contributed by atoms with Crippen molar-refractivity contribution in [1.82, 2.24) is 25.0 Å².